The minimum atomic E-state index is -0.767. The van der Waals surface area contributed by atoms with Gasteiger partial charge >= 0.3 is 5.69 Å². The second kappa shape index (κ2) is 7.36. The standard InChI is InChI=1S/C13H7Br2N3O6/c14-9-3-7(6-16-19)4-10(15)13(9)24-12-2-1-8(17(20)21)5-11(12)18(22)23/h1-6,19H. The number of non-ortho nitro benzene ring substituents is 1. The third kappa shape index (κ3) is 3.86. The molecule has 2 aromatic carbocycles. The van der Waals surface area contributed by atoms with Crippen molar-refractivity contribution in [1.82, 2.24) is 0 Å². The van der Waals surface area contributed by atoms with E-state index in [1.165, 1.54) is 6.21 Å². The Morgan fingerprint density at radius 3 is 2.21 bits per heavy atom. The van der Waals surface area contributed by atoms with E-state index in [1.54, 1.807) is 12.1 Å². The number of oxime groups is 1. The maximum absolute atomic E-state index is 11.1. The quantitative estimate of drug-likeness (QED) is 0.300. The van der Waals surface area contributed by atoms with Crippen molar-refractivity contribution < 1.29 is 19.8 Å². The predicted molar refractivity (Wildman–Crippen MR) is 91.0 cm³/mol. The van der Waals surface area contributed by atoms with Gasteiger partial charge in [-0.1, -0.05) is 5.16 Å². The number of nitro groups is 2. The lowest BCUT2D eigenvalue weighted by molar-refractivity contribution is -0.394. The first-order valence-corrected chi connectivity index (χ1v) is 7.69. The molecule has 1 N–H and O–H groups in total. The molecular formula is C13H7Br2N3O6. The predicted octanol–water partition coefficient (Wildman–Crippen LogP) is 4.63. The molecule has 2 rings (SSSR count). The molecule has 0 atom stereocenters. The van der Waals surface area contributed by atoms with Gasteiger partial charge in [-0.3, -0.25) is 20.2 Å². The van der Waals surface area contributed by atoms with Gasteiger partial charge in [-0.25, -0.2) is 0 Å². The molecule has 0 saturated carbocycles. The van der Waals surface area contributed by atoms with Crippen molar-refractivity contribution in [3.05, 3.63) is 65.1 Å². The van der Waals surface area contributed by atoms with Crippen LogP contribution in [-0.4, -0.2) is 21.3 Å². The van der Waals surface area contributed by atoms with Crippen LogP contribution in [0.5, 0.6) is 11.5 Å². The molecule has 11 heteroatoms. The average molecular weight is 461 g/mol. The summed E-state index contributed by atoms with van der Waals surface area (Å²) in [6.45, 7) is 0. The molecule has 2 aromatic rings. The zero-order valence-corrected chi connectivity index (χ0v) is 14.7. The van der Waals surface area contributed by atoms with Crippen molar-refractivity contribution in [1.29, 1.82) is 0 Å². The molecule has 24 heavy (non-hydrogen) atoms. The molecule has 0 heterocycles. The van der Waals surface area contributed by atoms with Gasteiger partial charge in [0.2, 0.25) is 5.75 Å². The minimum Gasteiger partial charge on any atom is -0.448 e. The smallest absolute Gasteiger partial charge is 0.318 e. The van der Waals surface area contributed by atoms with Gasteiger partial charge in [0.05, 0.1) is 31.1 Å². The van der Waals surface area contributed by atoms with Crippen LogP contribution in [0.3, 0.4) is 0 Å². The Morgan fingerprint density at radius 1 is 1.08 bits per heavy atom. The Kier molecular flexibility index (Phi) is 5.46. The Hall–Kier alpha value is -2.53. The monoisotopic (exact) mass is 459 g/mol. The summed E-state index contributed by atoms with van der Waals surface area (Å²) in [6, 6.07) is 6.22. The van der Waals surface area contributed by atoms with Gasteiger partial charge in [0.15, 0.2) is 5.75 Å². The van der Waals surface area contributed by atoms with Crippen LogP contribution in [0.25, 0.3) is 0 Å². The van der Waals surface area contributed by atoms with E-state index in [0.717, 1.165) is 18.2 Å². The molecule has 0 unspecified atom stereocenters. The van der Waals surface area contributed by atoms with Crippen molar-refractivity contribution in [3.8, 4) is 11.5 Å². The molecule has 9 nitrogen and oxygen atoms in total. The highest BCUT2D eigenvalue weighted by molar-refractivity contribution is 9.11. The molecular weight excluding hydrogens is 454 g/mol. The number of hydrogen-bond acceptors (Lipinski definition) is 7. The molecule has 0 amide bonds. The number of benzene rings is 2. The average Bonchev–Trinajstić information content (AvgIpc) is 2.51. The van der Waals surface area contributed by atoms with E-state index < -0.39 is 21.2 Å². The molecule has 124 valence electrons. The second-order valence-electron chi connectivity index (χ2n) is 4.33. The van der Waals surface area contributed by atoms with Crippen LogP contribution in [0.4, 0.5) is 11.4 Å². The molecule has 0 spiro atoms. The van der Waals surface area contributed by atoms with E-state index in [2.05, 4.69) is 37.0 Å². The maximum Gasteiger partial charge on any atom is 0.318 e. The minimum absolute atomic E-state index is 0.157. The SMILES string of the molecule is O=[N+]([O-])c1ccc(Oc2c(Br)cc(C=NO)cc2Br)c([N+](=O)[O-])c1. The molecule has 0 fully saturated rings. The molecule has 0 aromatic heterocycles. The van der Waals surface area contributed by atoms with E-state index in [-0.39, 0.29) is 11.5 Å². The second-order valence-corrected chi connectivity index (χ2v) is 6.04. The number of ether oxygens (including phenoxy) is 1. The Bertz CT molecular complexity index is 833. The van der Waals surface area contributed by atoms with E-state index >= 15 is 0 Å². The van der Waals surface area contributed by atoms with Crippen molar-refractivity contribution in [2.75, 3.05) is 0 Å². The summed E-state index contributed by atoms with van der Waals surface area (Å²) in [5, 5.41) is 33.3. The van der Waals surface area contributed by atoms with Crippen LogP contribution in [0.2, 0.25) is 0 Å². The molecule has 0 aliphatic rings. The van der Waals surface area contributed by atoms with Crippen LogP contribution >= 0.6 is 31.9 Å². The largest absolute Gasteiger partial charge is 0.448 e. The fourth-order valence-electron chi connectivity index (χ4n) is 1.78. The third-order valence-electron chi connectivity index (χ3n) is 2.79. The van der Waals surface area contributed by atoms with Gasteiger partial charge in [0.1, 0.15) is 0 Å². The normalized spacial score (nSPS) is 10.8. The van der Waals surface area contributed by atoms with Gasteiger partial charge in [-0.15, -0.1) is 0 Å². The van der Waals surface area contributed by atoms with Gasteiger partial charge < -0.3 is 9.94 Å². The first-order valence-electron chi connectivity index (χ1n) is 6.10. The van der Waals surface area contributed by atoms with Crippen molar-refractivity contribution in [2.45, 2.75) is 0 Å². The van der Waals surface area contributed by atoms with E-state index in [4.69, 9.17) is 9.94 Å². The fraction of sp³-hybridized carbons (Fsp3) is 0. The summed E-state index contributed by atoms with van der Waals surface area (Å²) in [7, 11) is 0. The van der Waals surface area contributed by atoms with Crippen molar-refractivity contribution in [2.24, 2.45) is 5.16 Å². The third-order valence-corrected chi connectivity index (χ3v) is 3.97. The summed E-state index contributed by atoms with van der Waals surface area (Å²) in [6.07, 6.45) is 1.19. The topological polar surface area (TPSA) is 128 Å². The lowest BCUT2D eigenvalue weighted by Gasteiger charge is -2.11. The highest BCUT2D eigenvalue weighted by atomic mass is 79.9. The molecule has 0 aliphatic heterocycles. The summed E-state index contributed by atoms with van der Waals surface area (Å²) in [5.74, 6) is 0.0672. The zero-order valence-electron chi connectivity index (χ0n) is 11.6. The Morgan fingerprint density at radius 2 is 1.71 bits per heavy atom. The first kappa shape index (κ1) is 17.8. The van der Waals surface area contributed by atoms with Crippen LogP contribution in [0.1, 0.15) is 5.56 Å². The number of hydrogen-bond donors (Lipinski definition) is 1. The van der Waals surface area contributed by atoms with Crippen LogP contribution in [-0.2, 0) is 0 Å². The van der Waals surface area contributed by atoms with Crippen LogP contribution in [0.15, 0.2) is 44.4 Å². The molecule has 0 radical (unpaired) electrons. The molecule has 0 aliphatic carbocycles. The van der Waals surface area contributed by atoms with Gasteiger partial charge in [0.25, 0.3) is 5.69 Å². The molecule has 0 saturated heterocycles. The Balaban J connectivity index is 2.48. The summed E-state index contributed by atoms with van der Waals surface area (Å²) in [4.78, 5) is 20.4. The number of nitrogens with zero attached hydrogens (tertiary/aromatic N) is 3. The first-order chi connectivity index (χ1) is 11.3. The number of halogens is 2. The lowest BCUT2D eigenvalue weighted by Crippen LogP contribution is -1.97. The van der Waals surface area contributed by atoms with E-state index in [9.17, 15) is 20.2 Å². The van der Waals surface area contributed by atoms with Crippen LogP contribution < -0.4 is 4.74 Å². The van der Waals surface area contributed by atoms with Gasteiger partial charge in [-0.05, 0) is 55.6 Å². The highest BCUT2D eigenvalue weighted by Gasteiger charge is 2.22. The zero-order chi connectivity index (χ0) is 17.9. The van der Waals surface area contributed by atoms with Crippen LogP contribution in [0, 0.1) is 20.2 Å². The lowest BCUT2D eigenvalue weighted by atomic mass is 10.2. The Labute approximate surface area is 151 Å². The van der Waals surface area contributed by atoms with Crippen molar-refractivity contribution in [3.63, 3.8) is 0 Å². The van der Waals surface area contributed by atoms with Crippen molar-refractivity contribution >= 4 is 49.4 Å². The fourth-order valence-corrected chi connectivity index (χ4v) is 3.16. The molecule has 0 bridgehead atoms. The maximum atomic E-state index is 11.1. The summed E-state index contributed by atoms with van der Waals surface area (Å²) >= 11 is 6.50. The van der Waals surface area contributed by atoms with Gasteiger partial charge in [0, 0.05) is 6.07 Å². The number of rotatable bonds is 5. The van der Waals surface area contributed by atoms with E-state index in [0.29, 0.717) is 14.5 Å². The van der Waals surface area contributed by atoms with Gasteiger partial charge in [-0.2, -0.15) is 0 Å². The highest BCUT2D eigenvalue weighted by Crippen LogP contribution is 2.41. The summed E-state index contributed by atoms with van der Waals surface area (Å²) in [5.41, 5.74) is -0.410. The van der Waals surface area contributed by atoms with E-state index in [1.807, 2.05) is 0 Å². The number of nitro benzene ring substituents is 2. The summed E-state index contributed by atoms with van der Waals surface area (Å²) < 4.78 is 6.40.